The molecule has 2 N–H and O–H groups in total. The third-order valence-corrected chi connectivity index (χ3v) is 3.00. The molecule has 0 amide bonds. The van der Waals surface area contributed by atoms with E-state index in [0.717, 1.165) is 17.0 Å². The summed E-state index contributed by atoms with van der Waals surface area (Å²) in [7, 11) is 0. The molecular formula is C14H10F3N3. The van der Waals surface area contributed by atoms with Gasteiger partial charge in [0.15, 0.2) is 11.6 Å². The number of halogens is 3. The van der Waals surface area contributed by atoms with Crippen LogP contribution in [0.4, 0.5) is 18.9 Å². The largest absolute Gasteiger partial charge is 0.378 e. The molecule has 0 saturated heterocycles. The number of hydrogen-bond donors (Lipinski definition) is 2. The fourth-order valence-electron chi connectivity index (χ4n) is 2.03. The van der Waals surface area contributed by atoms with Crippen LogP contribution in [0.25, 0.3) is 11.0 Å². The topological polar surface area (TPSA) is 40.7 Å². The van der Waals surface area contributed by atoms with E-state index < -0.39 is 17.5 Å². The molecule has 3 nitrogen and oxygen atoms in total. The van der Waals surface area contributed by atoms with Crippen LogP contribution in [-0.2, 0) is 6.54 Å². The average molecular weight is 277 g/mol. The van der Waals surface area contributed by atoms with Crippen LogP contribution in [-0.4, -0.2) is 9.97 Å². The van der Waals surface area contributed by atoms with E-state index >= 15 is 0 Å². The first-order chi connectivity index (χ1) is 9.65. The third-order valence-electron chi connectivity index (χ3n) is 3.00. The Balaban J connectivity index is 1.87. The highest BCUT2D eigenvalue weighted by molar-refractivity contribution is 5.79. The quantitative estimate of drug-likeness (QED) is 0.718. The van der Waals surface area contributed by atoms with Crippen LogP contribution < -0.4 is 5.32 Å². The summed E-state index contributed by atoms with van der Waals surface area (Å²) in [6, 6.07) is 5.07. The summed E-state index contributed by atoms with van der Waals surface area (Å²) in [4.78, 5) is 7.09. The molecule has 0 bridgehead atoms. The number of pyridine rings is 1. The van der Waals surface area contributed by atoms with Crippen molar-refractivity contribution in [3.63, 3.8) is 0 Å². The third kappa shape index (κ3) is 2.20. The van der Waals surface area contributed by atoms with Gasteiger partial charge in [-0.2, -0.15) is 0 Å². The number of nitrogens with one attached hydrogen (secondary N) is 2. The van der Waals surface area contributed by atoms with Gasteiger partial charge in [0.1, 0.15) is 11.5 Å². The van der Waals surface area contributed by atoms with Crippen molar-refractivity contribution in [3.8, 4) is 0 Å². The molecule has 0 unspecified atom stereocenters. The summed E-state index contributed by atoms with van der Waals surface area (Å²) in [5.74, 6) is -3.13. The zero-order valence-electron chi connectivity index (χ0n) is 10.3. The van der Waals surface area contributed by atoms with E-state index in [1.54, 1.807) is 18.5 Å². The second-order valence-corrected chi connectivity index (χ2v) is 4.32. The lowest BCUT2D eigenvalue weighted by Gasteiger charge is -2.07. The zero-order chi connectivity index (χ0) is 14.1. The maximum Gasteiger partial charge on any atom is 0.182 e. The van der Waals surface area contributed by atoms with Gasteiger partial charge >= 0.3 is 0 Å². The fourth-order valence-corrected chi connectivity index (χ4v) is 2.03. The molecule has 20 heavy (non-hydrogen) atoms. The minimum absolute atomic E-state index is 0.208. The van der Waals surface area contributed by atoms with Crippen LogP contribution >= 0.6 is 0 Å². The summed E-state index contributed by atoms with van der Waals surface area (Å²) in [5, 5.41) is 3.56. The molecule has 3 aromatic rings. The number of hydrogen-bond acceptors (Lipinski definition) is 2. The van der Waals surface area contributed by atoms with Gasteiger partial charge in [-0.3, -0.25) is 0 Å². The van der Waals surface area contributed by atoms with Crippen LogP contribution in [0.15, 0.2) is 36.7 Å². The Hall–Kier alpha value is -2.50. The number of nitrogens with zero attached hydrogens (tertiary/aromatic N) is 1. The number of benzene rings is 1. The summed E-state index contributed by atoms with van der Waals surface area (Å²) in [5.41, 5.74) is 1.33. The summed E-state index contributed by atoms with van der Waals surface area (Å²) in [6.45, 7) is 0.228. The number of aromatic amines is 1. The van der Waals surface area contributed by atoms with Gasteiger partial charge in [-0.15, -0.1) is 0 Å². The minimum Gasteiger partial charge on any atom is -0.378 e. The first-order valence-corrected chi connectivity index (χ1v) is 5.94. The highest BCUT2D eigenvalue weighted by Gasteiger charge is 2.11. The van der Waals surface area contributed by atoms with Crippen molar-refractivity contribution in [2.45, 2.75) is 6.54 Å². The molecule has 0 aliphatic heterocycles. The second-order valence-electron chi connectivity index (χ2n) is 4.32. The molecule has 0 atom stereocenters. The van der Waals surface area contributed by atoms with Crippen molar-refractivity contribution in [2.75, 3.05) is 5.32 Å². The van der Waals surface area contributed by atoms with Gasteiger partial charge in [0.25, 0.3) is 0 Å². The summed E-state index contributed by atoms with van der Waals surface area (Å²) < 4.78 is 39.7. The van der Waals surface area contributed by atoms with Crippen molar-refractivity contribution < 1.29 is 13.2 Å². The van der Waals surface area contributed by atoms with Crippen molar-refractivity contribution in [3.05, 3.63) is 59.7 Å². The number of fused-ring (bicyclic) bond motifs is 1. The van der Waals surface area contributed by atoms with E-state index in [0.29, 0.717) is 11.7 Å². The van der Waals surface area contributed by atoms with Crippen LogP contribution in [0.3, 0.4) is 0 Å². The van der Waals surface area contributed by atoms with Gasteiger partial charge < -0.3 is 10.3 Å². The maximum absolute atomic E-state index is 13.5. The molecule has 0 aliphatic rings. The predicted octanol–water partition coefficient (Wildman–Crippen LogP) is 3.59. The lowest BCUT2D eigenvalue weighted by atomic mass is 10.2. The van der Waals surface area contributed by atoms with Gasteiger partial charge in [-0.1, -0.05) is 0 Å². The highest BCUT2D eigenvalue weighted by Crippen LogP contribution is 2.21. The standard InChI is InChI=1S/C14H10F3N3/c15-9-4-11(16)13(17)12(5-9)19-6-8-7-20-14-10(8)2-1-3-18-14/h1-5,7,19H,6H2,(H,18,20). The van der Waals surface area contributed by atoms with Crippen molar-refractivity contribution >= 4 is 16.7 Å². The Morgan fingerprint density at radius 3 is 2.90 bits per heavy atom. The molecule has 0 aliphatic carbocycles. The van der Waals surface area contributed by atoms with Gasteiger partial charge in [-0.05, 0) is 17.7 Å². The van der Waals surface area contributed by atoms with Gasteiger partial charge in [0, 0.05) is 36.5 Å². The van der Waals surface area contributed by atoms with Crippen LogP contribution in [0.1, 0.15) is 5.56 Å². The summed E-state index contributed by atoms with van der Waals surface area (Å²) >= 11 is 0. The normalized spacial score (nSPS) is 10.9. The number of rotatable bonds is 3. The zero-order valence-corrected chi connectivity index (χ0v) is 10.3. The predicted molar refractivity (Wildman–Crippen MR) is 69.7 cm³/mol. The number of anilines is 1. The smallest absolute Gasteiger partial charge is 0.182 e. The van der Waals surface area contributed by atoms with Crippen molar-refractivity contribution in [1.82, 2.24) is 9.97 Å². The first kappa shape index (κ1) is 12.5. The second kappa shape index (κ2) is 4.88. The van der Waals surface area contributed by atoms with Crippen LogP contribution in [0.5, 0.6) is 0 Å². The lowest BCUT2D eigenvalue weighted by molar-refractivity contribution is 0.497. The number of aromatic nitrogens is 2. The van der Waals surface area contributed by atoms with Crippen LogP contribution in [0.2, 0.25) is 0 Å². The first-order valence-electron chi connectivity index (χ1n) is 5.94. The Labute approximate surface area is 112 Å². The molecular weight excluding hydrogens is 267 g/mol. The van der Waals surface area contributed by atoms with Gasteiger partial charge in [-0.25, -0.2) is 18.2 Å². The Kier molecular flexibility index (Phi) is 3.06. The Morgan fingerprint density at radius 2 is 2.05 bits per heavy atom. The monoisotopic (exact) mass is 277 g/mol. The van der Waals surface area contributed by atoms with E-state index in [4.69, 9.17) is 0 Å². The van der Waals surface area contributed by atoms with Crippen molar-refractivity contribution in [1.29, 1.82) is 0 Å². The average Bonchev–Trinajstić information content (AvgIpc) is 2.84. The Morgan fingerprint density at radius 1 is 1.20 bits per heavy atom. The van der Waals surface area contributed by atoms with E-state index in [1.807, 2.05) is 6.07 Å². The molecule has 102 valence electrons. The molecule has 0 fully saturated rings. The van der Waals surface area contributed by atoms with Crippen LogP contribution in [0, 0.1) is 17.5 Å². The lowest BCUT2D eigenvalue weighted by Crippen LogP contribution is -2.03. The molecule has 0 spiro atoms. The number of H-pyrrole nitrogens is 1. The van der Waals surface area contributed by atoms with Gasteiger partial charge in [0.05, 0.1) is 5.69 Å². The molecule has 0 radical (unpaired) electrons. The van der Waals surface area contributed by atoms with E-state index in [2.05, 4.69) is 15.3 Å². The Bertz CT molecular complexity index is 767. The van der Waals surface area contributed by atoms with Gasteiger partial charge in [0.2, 0.25) is 0 Å². The fraction of sp³-hybridized carbons (Fsp3) is 0.0714. The van der Waals surface area contributed by atoms with E-state index in [1.165, 1.54) is 0 Å². The minimum atomic E-state index is -1.21. The van der Waals surface area contributed by atoms with Crippen molar-refractivity contribution in [2.24, 2.45) is 0 Å². The van der Waals surface area contributed by atoms with E-state index in [9.17, 15) is 13.2 Å². The molecule has 6 heteroatoms. The SMILES string of the molecule is Fc1cc(F)c(F)c(NCc2c[nH]c3ncccc23)c1. The molecule has 3 rings (SSSR count). The highest BCUT2D eigenvalue weighted by atomic mass is 19.2. The maximum atomic E-state index is 13.5. The molecule has 2 heterocycles. The van der Waals surface area contributed by atoms with E-state index in [-0.39, 0.29) is 12.2 Å². The summed E-state index contributed by atoms with van der Waals surface area (Å²) in [6.07, 6.45) is 3.37. The molecule has 0 saturated carbocycles. The molecule has 2 aromatic heterocycles. The molecule has 1 aromatic carbocycles.